The van der Waals surface area contributed by atoms with E-state index in [1.54, 1.807) is 23.7 Å². The highest BCUT2D eigenvalue weighted by atomic mass is 79.9. The minimum Gasteiger partial charge on any atom is -0.360 e. The first-order chi connectivity index (χ1) is 7.66. The van der Waals surface area contributed by atoms with E-state index < -0.39 is 0 Å². The van der Waals surface area contributed by atoms with Gasteiger partial charge >= 0.3 is 0 Å². The maximum Gasteiger partial charge on any atom is 0.224 e. The van der Waals surface area contributed by atoms with Gasteiger partial charge in [-0.3, -0.25) is 0 Å². The van der Waals surface area contributed by atoms with Gasteiger partial charge in [0.1, 0.15) is 10.8 Å². The Morgan fingerprint density at radius 1 is 1.50 bits per heavy atom. The van der Waals surface area contributed by atoms with E-state index in [1.165, 1.54) is 0 Å². The third-order valence-corrected chi connectivity index (χ3v) is 3.61. The largest absolute Gasteiger partial charge is 0.360 e. The second-order valence-electron chi connectivity index (χ2n) is 3.07. The summed E-state index contributed by atoms with van der Waals surface area (Å²) >= 11 is 10.7. The quantitative estimate of drug-likeness (QED) is 0.879. The standard InChI is InChI=1S/C9H8BrClN4S/c1-5(8-12-2-3-16-8)14-7-6(10)4-13-9(11)15-7/h2-5H,1H3,(H,13,14,15). The summed E-state index contributed by atoms with van der Waals surface area (Å²) in [6.45, 7) is 2.02. The van der Waals surface area contributed by atoms with Gasteiger partial charge in [0.05, 0.1) is 10.5 Å². The summed E-state index contributed by atoms with van der Waals surface area (Å²) < 4.78 is 0.778. The number of halogens is 2. The normalized spacial score (nSPS) is 12.4. The van der Waals surface area contributed by atoms with Crippen LogP contribution < -0.4 is 5.32 Å². The molecule has 84 valence electrons. The summed E-state index contributed by atoms with van der Waals surface area (Å²) in [6.07, 6.45) is 3.40. The van der Waals surface area contributed by atoms with E-state index >= 15 is 0 Å². The van der Waals surface area contributed by atoms with Crippen molar-refractivity contribution in [3.8, 4) is 0 Å². The average molecular weight is 320 g/mol. The molecule has 2 aromatic rings. The van der Waals surface area contributed by atoms with E-state index in [0.29, 0.717) is 5.82 Å². The second-order valence-corrected chi connectivity index (χ2v) is 5.19. The maximum absolute atomic E-state index is 5.73. The molecule has 0 aliphatic rings. The number of anilines is 1. The molecular weight excluding hydrogens is 312 g/mol. The highest BCUT2D eigenvalue weighted by molar-refractivity contribution is 9.10. The smallest absolute Gasteiger partial charge is 0.224 e. The van der Waals surface area contributed by atoms with Crippen molar-refractivity contribution < 1.29 is 0 Å². The summed E-state index contributed by atoms with van der Waals surface area (Å²) in [5, 5.41) is 6.38. The van der Waals surface area contributed by atoms with Gasteiger partial charge in [-0.2, -0.15) is 4.98 Å². The number of hydrogen-bond acceptors (Lipinski definition) is 5. The molecular formula is C9H8BrClN4S. The maximum atomic E-state index is 5.73. The lowest BCUT2D eigenvalue weighted by atomic mass is 10.3. The molecule has 0 bridgehead atoms. The Bertz CT molecular complexity index is 476. The van der Waals surface area contributed by atoms with Crippen LogP contribution in [0.4, 0.5) is 5.82 Å². The monoisotopic (exact) mass is 318 g/mol. The fourth-order valence-electron chi connectivity index (χ4n) is 1.16. The lowest BCUT2D eigenvalue weighted by molar-refractivity contribution is 0.856. The van der Waals surface area contributed by atoms with Crippen molar-refractivity contribution >= 4 is 44.7 Å². The molecule has 0 saturated heterocycles. The summed E-state index contributed by atoms with van der Waals surface area (Å²) in [4.78, 5) is 12.2. The van der Waals surface area contributed by atoms with Crippen molar-refractivity contribution in [2.75, 3.05) is 5.32 Å². The third kappa shape index (κ3) is 2.69. The SMILES string of the molecule is CC(Nc1nc(Cl)ncc1Br)c1nccs1. The van der Waals surface area contributed by atoms with Crippen LogP contribution in [0.3, 0.4) is 0 Å². The van der Waals surface area contributed by atoms with Crippen LogP contribution >= 0.6 is 38.9 Å². The van der Waals surface area contributed by atoms with Crippen molar-refractivity contribution in [2.24, 2.45) is 0 Å². The molecule has 1 N–H and O–H groups in total. The summed E-state index contributed by atoms with van der Waals surface area (Å²) in [6, 6.07) is 0.0854. The Morgan fingerprint density at radius 2 is 2.31 bits per heavy atom. The molecule has 0 fully saturated rings. The Morgan fingerprint density at radius 3 is 3.00 bits per heavy atom. The van der Waals surface area contributed by atoms with Crippen molar-refractivity contribution in [1.29, 1.82) is 0 Å². The lowest BCUT2D eigenvalue weighted by Gasteiger charge is -2.12. The topological polar surface area (TPSA) is 50.7 Å². The number of thiazole rings is 1. The van der Waals surface area contributed by atoms with Gasteiger partial charge in [0.15, 0.2) is 0 Å². The minimum absolute atomic E-state index is 0.0854. The van der Waals surface area contributed by atoms with Crippen molar-refractivity contribution in [3.05, 3.63) is 32.5 Å². The molecule has 0 radical (unpaired) electrons. The van der Waals surface area contributed by atoms with Crippen LogP contribution in [-0.4, -0.2) is 15.0 Å². The van der Waals surface area contributed by atoms with Crippen LogP contribution in [0.5, 0.6) is 0 Å². The van der Waals surface area contributed by atoms with E-state index in [1.807, 2.05) is 12.3 Å². The number of nitrogens with zero attached hydrogens (tertiary/aromatic N) is 3. The summed E-state index contributed by atoms with van der Waals surface area (Å²) in [5.74, 6) is 0.669. The fourth-order valence-corrected chi connectivity index (χ4v) is 2.25. The predicted molar refractivity (Wildman–Crippen MR) is 68.9 cm³/mol. The van der Waals surface area contributed by atoms with E-state index in [4.69, 9.17) is 11.6 Å². The van der Waals surface area contributed by atoms with Crippen LogP contribution in [0.2, 0.25) is 5.28 Å². The number of hydrogen-bond donors (Lipinski definition) is 1. The first-order valence-corrected chi connectivity index (χ1v) is 6.56. The molecule has 0 aliphatic heterocycles. The van der Waals surface area contributed by atoms with Crippen LogP contribution in [0.15, 0.2) is 22.2 Å². The van der Waals surface area contributed by atoms with Crippen LogP contribution in [-0.2, 0) is 0 Å². The van der Waals surface area contributed by atoms with Gasteiger partial charge in [-0.1, -0.05) is 0 Å². The highest BCUT2D eigenvalue weighted by Gasteiger charge is 2.11. The fraction of sp³-hybridized carbons (Fsp3) is 0.222. The van der Waals surface area contributed by atoms with Gasteiger partial charge in [-0.25, -0.2) is 9.97 Å². The van der Waals surface area contributed by atoms with Crippen molar-refractivity contribution in [2.45, 2.75) is 13.0 Å². The van der Waals surface area contributed by atoms with Gasteiger partial charge in [-0.05, 0) is 34.5 Å². The van der Waals surface area contributed by atoms with Crippen LogP contribution in [0.25, 0.3) is 0 Å². The molecule has 16 heavy (non-hydrogen) atoms. The first-order valence-electron chi connectivity index (χ1n) is 4.51. The third-order valence-electron chi connectivity index (χ3n) is 1.89. The highest BCUT2D eigenvalue weighted by Crippen LogP contribution is 2.25. The van der Waals surface area contributed by atoms with E-state index in [9.17, 15) is 0 Å². The molecule has 4 nitrogen and oxygen atoms in total. The van der Waals surface area contributed by atoms with Gasteiger partial charge in [0.25, 0.3) is 0 Å². The molecule has 0 aliphatic carbocycles. The Hall–Kier alpha value is -0.720. The molecule has 1 unspecified atom stereocenters. The lowest BCUT2D eigenvalue weighted by Crippen LogP contribution is -2.08. The van der Waals surface area contributed by atoms with Crippen LogP contribution in [0, 0.1) is 0 Å². The number of nitrogens with one attached hydrogen (secondary N) is 1. The molecule has 0 aromatic carbocycles. The second kappa shape index (κ2) is 5.07. The molecule has 7 heteroatoms. The molecule has 2 rings (SSSR count). The van der Waals surface area contributed by atoms with Crippen LogP contribution in [0.1, 0.15) is 18.0 Å². The van der Waals surface area contributed by atoms with Crippen molar-refractivity contribution in [3.63, 3.8) is 0 Å². The van der Waals surface area contributed by atoms with E-state index in [0.717, 1.165) is 9.48 Å². The zero-order chi connectivity index (χ0) is 11.5. The predicted octanol–water partition coefficient (Wildman–Crippen LogP) is 3.52. The minimum atomic E-state index is 0.0854. The average Bonchev–Trinajstić information content (AvgIpc) is 2.76. The Kier molecular flexibility index (Phi) is 3.73. The molecule has 0 saturated carbocycles. The number of aromatic nitrogens is 3. The van der Waals surface area contributed by atoms with Crippen molar-refractivity contribution in [1.82, 2.24) is 15.0 Å². The summed E-state index contributed by atoms with van der Waals surface area (Å²) in [7, 11) is 0. The molecule has 2 heterocycles. The summed E-state index contributed by atoms with van der Waals surface area (Å²) in [5.41, 5.74) is 0. The van der Waals surface area contributed by atoms with Gasteiger partial charge in [0.2, 0.25) is 5.28 Å². The zero-order valence-corrected chi connectivity index (χ0v) is 11.5. The first kappa shape index (κ1) is 11.8. The molecule has 0 amide bonds. The van der Waals surface area contributed by atoms with E-state index in [-0.39, 0.29) is 11.3 Å². The Labute approximate surface area is 110 Å². The molecule has 0 spiro atoms. The van der Waals surface area contributed by atoms with Gasteiger partial charge < -0.3 is 5.32 Å². The number of rotatable bonds is 3. The van der Waals surface area contributed by atoms with Gasteiger partial charge in [0, 0.05) is 17.8 Å². The van der Waals surface area contributed by atoms with E-state index in [2.05, 4.69) is 36.2 Å². The van der Waals surface area contributed by atoms with Gasteiger partial charge in [-0.15, -0.1) is 11.3 Å². The Balaban J connectivity index is 2.17. The molecule has 1 atom stereocenters. The molecule has 2 aromatic heterocycles. The zero-order valence-electron chi connectivity index (χ0n) is 8.32.